The number of nitrogens with zero attached hydrogens (tertiary/aromatic N) is 4. The zero-order valence-corrected chi connectivity index (χ0v) is 20.7. The van der Waals surface area contributed by atoms with Gasteiger partial charge in [0.1, 0.15) is 5.82 Å². The second-order valence-corrected chi connectivity index (χ2v) is 8.96. The molecule has 0 bridgehead atoms. The molecule has 0 fully saturated rings. The van der Waals surface area contributed by atoms with E-state index in [9.17, 15) is 18.0 Å². The number of nitriles is 1. The summed E-state index contributed by atoms with van der Waals surface area (Å²) < 4.78 is 56.8. The minimum atomic E-state index is -4.71. The molecule has 3 aromatic carbocycles. The quantitative estimate of drug-likeness (QED) is 0.272. The highest BCUT2D eigenvalue weighted by molar-refractivity contribution is 5.97. The number of fused-ring (bicyclic) bond motifs is 1. The molecule has 0 radical (unpaired) electrons. The van der Waals surface area contributed by atoms with Crippen molar-refractivity contribution in [2.45, 2.75) is 26.6 Å². The maximum atomic E-state index is 15.1. The van der Waals surface area contributed by atoms with Crippen LogP contribution in [0.1, 0.15) is 38.4 Å². The van der Waals surface area contributed by atoms with Crippen LogP contribution in [0.4, 0.5) is 17.6 Å². The molecule has 0 saturated carbocycles. The van der Waals surface area contributed by atoms with E-state index in [-0.39, 0.29) is 23.7 Å². The lowest BCUT2D eigenvalue weighted by Gasteiger charge is -2.12. The summed E-state index contributed by atoms with van der Waals surface area (Å²) in [4.78, 5) is 12.6. The molecule has 0 aliphatic rings. The Kier molecular flexibility index (Phi) is 6.39. The van der Waals surface area contributed by atoms with Gasteiger partial charge in [-0.25, -0.2) is 9.07 Å². The van der Waals surface area contributed by atoms with Crippen LogP contribution in [0.15, 0.2) is 60.8 Å². The Morgan fingerprint density at radius 1 is 1.10 bits per heavy atom. The fourth-order valence-corrected chi connectivity index (χ4v) is 4.52. The van der Waals surface area contributed by atoms with Crippen LogP contribution in [-0.4, -0.2) is 25.9 Å². The zero-order valence-electron chi connectivity index (χ0n) is 20.7. The van der Waals surface area contributed by atoms with Gasteiger partial charge in [-0.05, 0) is 61.9 Å². The van der Waals surface area contributed by atoms with Crippen LogP contribution in [0.5, 0.6) is 0 Å². The van der Waals surface area contributed by atoms with Gasteiger partial charge in [-0.15, -0.1) is 0 Å². The zero-order chi connectivity index (χ0) is 27.9. The van der Waals surface area contributed by atoms with Crippen molar-refractivity contribution in [3.8, 4) is 22.9 Å². The third-order valence-electron chi connectivity index (χ3n) is 6.45. The predicted octanol–water partition coefficient (Wildman–Crippen LogP) is 5.99. The van der Waals surface area contributed by atoms with E-state index < -0.39 is 23.1 Å². The standard InChI is InChI=1S/C28H20F4N6O/c1-15-26(16(2)38(37-15)22-7-5-19(12-33)23(11-22)28(30,31)32)17-3-4-20(24(29)10-17)13-34-27(39)18-6-8-25-21(9-18)14-35-36-25/h3-11,14H,13H2,1-2H3,(H,34,39)(H,35,36). The Bertz CT molecular complexity index is 1780. The number of hydrogen-bond acceptors (Lipinski definition) is 4. The molecule has 39 heavy (non-hydrogen) atoms. The van der Waals surface area contributed by atoms with Gasteiger partial charge in [-0.2, -0.15) is 28.6 Å². The summed E-state index contributed by atoms with van der Waals surface area (Å²) in [5.74, 6) is -0.919. The molecule has 7 nitrogen and oxygen atoms in total. The van der Waals surface area contributed by atoms with Crippen LogP contribution in [0, 0.1) is 31.0 Å². The van der Waals surface area contributed by atoms with Crippen LogP contribution in [0.2, 0.25) is 0 Å². The number of alkyl halides is 3. The summed E-state index contributed by atoms with van der Waals surface area (Å²) >= 11 is 0. The summed E-state index contributed by atoms with van der Waals surface area (Å²) in [6.07, 6.45) is -3.10. The number of aromatic amines is 1. The van der Waals surface area contributed by atoms with Crippen molar-refractivity contribution in [1.29, 1.82) is 5.26 Å². The van der Waals surface area contributed by atoms with Crippen molar-refractivity contribution < 1.29 is 22.4 Å². The van der Waals surface area contributed by atoms with Crippen molar-refractivity contribution in [2.24, 2.45) is 0 Å². The molecular formula is C28H20F4N6O. The number of amides is 1. The van der Waals surface area contributed by atoms with Crippen LogP contribution in [0.3, 0.4) is 0 Å². The van der Waals surface area contributed by atoms with E-state index >= 15 is 4.39 Å². The molecule has 0 aliphatic carbocycles. The molecule has 1 amide bonds. The summed E-state index contributed by atoms with van der Waals surface area (Å²) in [6.45, 7) is 3.30. The average Bonchev–Trinajstić information content (AvgIpc) is 3.49. The molecule has 5 aromatic rings. The van der Waals surface area contributed by atoms with E-state index in [2.05, 4.69) is 20.6 Å². The van der Waals surface area contributed by atoms with Gasteiger partial charge < -0.3 is 5.32 Å². The van der Waals surface area contributed by atoms with Crippen molar-refractivity contribution in [1.82, 2.24) is 25.3 Å². The number of aromatic nitrogens is 4. The topological polar surface area (TPSA) is 99.4 Å². The van der Waals surface area contributed by atoms with Crippen LogP contribution in [0.25, 0.3) is 27.7 Å². The maximum Gasteiger partial charge on any atom is 0.417 e. The predicted molar refractivity (Wildman–Crippen MR) is 135 cm³/mol. The summed E-state index contributed by atoms with van der Waals surface area (Å²) in [6, 6.07) is 14.5. The van der Waals surface area contributed by atoms with Crippen LogP contribution < -0.4 is 5.32 Å². The molecule has 11 heteroatoms. The lowest BCUT2D eigenvalue weighted by Crippen LogP contribution is -2.23. The van der Waals surface area contributed by atoms with E-state index in [1.54, 1.807) is 56.4 Å². The number of benzene rings is 3. The third kappa shape index (κ3) is 4.84. The SMILES string of the molecule is Cc1nn(-c2ccc(C#N)c(C(F)(F)F)c2)c(C)c1-c1ccc(CNC(=O)c2ccc3[nH]ncc3c2)c(F)c1. The fourth-order valence-electron chi connectivity index (χ4n) is 4.52. The second-order valence-electron chi connectivity index (χ2n) is 8.96. The van der Waals surface area contributed by atoms with Gasteiger partial charge in [0.2, 0.25) is 0 Å². The first kappa shape index (κ1) is 25.7. The number of hydrogen-bond donors (Lipinski definition) is 2. The first-order valence-electron chi connectivity index (χ1n) is 11.7. The number of carbonyl (C=O) groups is 1. The first-order chi connectivity index (χ1) is 18.6. The largest absolute Gasteiger partial charge is 0.417 e. The Balaban J connectivity index is 1.39. The van der Waals surface area contributed by atoms with Crippen molar-refractivity contribution in [3.05, 3.63) is 100 Å². The van der Waals surface area contributed by atoms with Crippen LogP contribution >= 0.6 is 0 Å². The lowest BCUT2D eigenvalue weighted by molar-refractivity contribution is -0.137. The Labute approximate surface area is 219 Å². The molecule has 0 saturated heterocycles. The van der Waals surface area contributed by atoms with Gasteiger partial charge in [0, 0.05) is 34.3 Å². The highest BCUT2D eigenvalue weighted by atomic mass is 19.4. The van der Waals surface area contributed by atoms with E-state index in [4.69, 9.17) is 5.26 Å². The van der Waals surface area contributed by atoms with Gasteiger partial charge >= 0.3 is 6.18 Å². The summed E-state index contributed by atoms with van der Waals surface area (Å²) in [5, 5.41) is 23.7. The van der Waals surface area contributed by atoms with E-state index in [1.807, 2.05) is 0 Å². The minimum Gasteiger partial charge on any atom is -0.348 e. The number of carbonyl (C=O) groups excluding carboxylic acids is 1. The molecule has 0 spiro atoms. The maximum absolute atomic E-state index is 15.1. The van der Waals surface area contributed by atoms with Gasteiger partial charge in [-0.1, -0.05) is 12.1 Å². The van der Waals surface area contributed by atoms with Crippen molar-refractivity contribution in [2.75, 3.05) is 0 Å². The van der Waals surface area contributed by atoms with Crippen molar-refractivity contribution >= 4 is 16.8 Å². The van der Waals surface area contributed by atoms with Gasteiger partial charge in [-0.3, -0.25) is 9.89 Å². The highest BCUT2D eigenvalue weighted by Gasteiger charge is 2.34. The molecule has 5 rings (SSSR count). The second kappa shape index (κ2) is 9.72. The molecule has 0 aliphatic heterocycles. The monoisotopic (exact) mass is 532 g/mol. The normalized spacial score (nSPS) is 11.5. The Morgan fingerprint density at radius 2 is 1.90 bits per heavy atom. The smallest absolute Gasteiger partial charge is 0.348 e. The average molecular weight is 533 g/mol. The Hall–Kier alpha value is -4.98. The van der Waals surface area contributed by atoms with Crippen LogP contribution in [-0.2, 0) is 12.7 Å². The highest BCUT2D eigenvalue weighted by Crippen LogP contribution is 2.35. The minimum absolute atomic E-state index is 0.0446. The number of nitrogens with one attached hydrogen (secondary N) is 2. The molecule has 0 atom stereocenters. The molecular weight excluding hydrogens is 512 g/mol. The van der Waals surface area contributed by atoms with Gasteiger partial charge in [0.15, 0.2) is 0 Å². The number of rotatable bonds is 5. The van der Waals surface area contributed by atoms with E-state index in [0.29, 0.717) is 28.1 Å². The number of H-pyrrole nitrogens is 1. The molecule has 0 unspecified atom stereocenters. The molecule has 2 heterocycles. The fraction of sp³-hybridized carbons (Fsp3) is 0.143. The first-order valence-corrected chi connectivity index (χ1v) is 11.7. The number of halogens is 4. The Morgan fingerprint density at radius 3 is 2.62 bits per heavy atom. The lowest BCUT2D eigenvalue weighted by atomic mass is 10.0. The van der Waals surface area contributed by atoms with Gasteiger partial charge in [0.05, 0.1) is 40.3 Å². The van der Waals surface area contributed by atoms with E-state index in [0.717, 1.165) is 23.0 Å². The molecule has 196 valence electrons. The molecule has 2 N–H and O–H groups in total. The van der Waals surface area contributed by atoms with Crippen molar-refractivity contribution in [3.63, 3.8) is 0 Å². The third-order valence-corrected chi connectivity index (χ3v) is 6.45. The van der Waals surface area contributed by atoms with E-state index in [1.165, 1.54) is 16.8 Å². The summed E-state index contributed by atoms with van der Waals surface area (Å²) in [5.41, 5.74) is 2.09. The van der Waals surface area contributed by atoms with Gasteiger partial charge in [0.25, 0.3) is 5.91 Å². The molecule has 2 aromatic heterocycles. The number of aryl methyl sites for hydroxylation is 1. The summed E-state index contributed by atoms with van der Waals surface area (Å²) in [7, 11) is 0.